The summed E-state index contributed by atoms with van der Waals surface area (Å²) in [6, 6.07) is 11.8. The molecule has 6 nitrogen and oxygen atoms in total. The summed E-state index contributed by atoms with van der Waals surface area (Å²) in [5, 5.41) is 13.9. The lowest BCUT2D eigenvalue weighted by Crippen LogP contribution is -1.93. The van der Waals surface area contributed by atoms with Crippen LogP contribution in [0.15, 0.2) is 58.2 Å². The Kier molecular flexibility index (Phi) is 4.06. The maximum absolute atomic E-state index is 4.74. The van der Waals surface area contributed by atoms with Crippen molar-refractivity contribution < 1.29 is 0 Å². The average Bonchev–Trinajstić information content (AvgIpc) is 3.10. The van der Waals surface area contributed by atoms with E-state index in [0.29, 0.717) is 5.82 Å². The van der Waals surface area contributed by atoms with Crippen LogP contribution in [0.1, 0.15) is 0 Å². The third-order valence-corrected chi connectivity index (χ3v) is 5.31. The van der Waals surface area contributed by atoms with Crippen LogP contribution in [0.4, 0.5) is 5.13 Å². The largest absolute Gasteiger partial charge is 0.363 e. The molecule has 0 radical (unpaired) electrons. The van der Waals surface area contributed by atoms with Gasteiger partial charge in [-0.1, -0.05) is 29.5 Å². The summed E-state index contributed by atoms with van der Waals surface area (Å²) in [5.74, 6) is 0.678. The van der Waals surface area contributed by atoms with Gasteiger partial charge < -0.3 is 5.32 Å². The molecule has 24 heavy (non-hydrogen) atoms. The molecule has 3 aromatic heterocycles. The second kappa shape index (κ2) is 6.50. The van der Waals surface area contributed by atoms with Gasteiger partial charge in [-0.25, -0.2) is 9.97 Å². The van der Waals surface area contributed by atoms with E-state index in [1.54, 1.807) is 12.4 Å². The van der Waals surface area contributed by atoms with Gasteiger partial charge in [0.2, 0.25) is 5.13 Å². The molecule has 0 aliphatic rings. The zero-order chi connectivity index (χ0) is 16.4. The molecule has 0 spiro atoms. The molecule has 118 valence electrons. The van der Waals surface area contributed by atoms with Gasteiger partial charge in [0.05, 0.1) is 5.52 Å². The number of hydrogen-bond acceptors (Lipinski definition) is 8. The van der Waals surface area contributed by atoms with Crippen molar-refractivity contribution in [3.8, 4) is 11.4 Å². The highest BCUT2D eigenvalue weighted by Gasteiger charge is 2.13. The highest BCUT2D eigenvalue weighted by molar-refractivity contribution is 8.01. The zero-order valence-electron chi connectivity index (χ0n) is 12.7. The topological polar surface area (TPSA) is 76.5 Å². The van der Waals surface area contributed by atoms with Crippen LogP contribution in [0.3, 0.4) is 0 Å². The summed E-state index contributed by atoms with van der Waals surface area (Å²) in [7, 11) is 1.83. The predicted octanol–water partition coefficient (Wildman–Crippen LogP) is 3.74. The monoisotopic (exact) mass is 352 g/mol. The lowest BCUT2D eigenvalue weighted by Gasteiger charge is -2.07. The third kappa shape index (κ3) is 2.93. The third-order valence-electron chi connectivity index (χ3n) is 3.31. The number of rotatable bonds is 4. The smallest absolute Gasteiger partial charge is 0.206 e. The number of nitrogens with zero attached hydrogens (tertiary/aromatic N) is 5. The highest BCUT2D eigenvalue weighted by atomic mass is 32.2. The number of hydrogen-bond donors (Lipinski definition) is 1. The van der Waals surface area contributed by atoms with Crippen LogP contribution in [-0.4, -0.2) is 32.2 Å². The summed E-state index contributed by atoms with van der Waals surface area (Å²) in [4.78, 5) is 13.5. The second-order valence-electron chi connectivity index (χ2n) is 4.83. The van der Waals surface area contributed by atoms with Gasteiger partial charge in [0, 0.05) is 30.4 Å². The minimum absolute atomic E-state index is 0.678. The first-order chi connectivity index (χ1) is 11.8. The van der Waals surface area contributed by atoms with Crippen molar-refractivity contribution in [2.75, 3.05) is 12.4 Å². The number of nitrogens with one attached hydrogen (secondary N) is 1. The molecule has 4 aromatic rings. The molecule has 0 saturated carbocycles. The van der Waals surface area contributed by atoms with E-state index in [1.807, 2.05) is 43.4 Å². The summed E-state index contributed by atoms with van der Waals surface area (Å²) in [6.45, 7) is 0. The first-order valence-electron chi connectivity index (χ1n) is 7.20. The van der Waals surface area contributed by atoms with E-state index in [1.165, 1.54) is 23.1 Å². The number of fused-ring (bicyclic) bond motifs is 1. The van der Waals surface area contributed by atoms with Crippen molar-refractivity contribution in [2.24, 2.45) is 0 Å². The Labute approximate surface area is 146 Å². The van der Waals surface area contributed by atoms with Crippen LogP contribution in [0.2, 0.25) is 0 Å². The van der Waals surface area contributed by atoms with E-state index in [2.05, 4.69) is 25.5 Å². The fraction of sp³-hybridized carbons (Fsp3) is 0.0625. The molecule has 1 N–H and O–H groups in total. The van der Waals surface area contributed by atoms with Crippen molar-refractivity contribution in [1.29, 1.82) is 0 Å². The van der Waals surface area contributed by atoms with Crippen molar-refractivity contribution in [2.45, 2.75) is 9.37 Å². The molecule has 4 rings (SSSR count). The fourth-order valence-electron chi connectivity index (χ4n) is 2.19. The minimum atomic E-state index is 0.678. The Balaban J connectivity index is 1.83. The van der Waals surface area contributed by atoms with E-state index >= 15 is 0 Å². The van der Waals surface area contributed by atoms with E-state index in [-0.39, 0.29) is 0 Å². The van der Waals surface area contributed by atoms with Gasteiger partial charge in [-0.2, -0.15) is 0 Å². The van der Waals surface area contributed by atoms with Crippen molar-refractivity contribution in [3.63, 3.8) is 0 Å². The molecule has 0 bridgehead atoms. The van der Waals surface area contributed by atoms with Crippen LogP contribution in [0.25, 0.3) is 22.3 Å². The molecule has 0 aliphatic carbocycles. The van der Waals surface area contributed by atoms with E-state index in [0.717, 1.165) is 31.0 Å². The maximum atomic E-state index is 4.74. The lowest BCUT2D eigenvalue weighted by molar-refractivity contribution is 1.01. The van der Waals surface area contributed by atoms with Crippen molar-refractivity contribution in [3.05, 3.63) is 48.8 Å². The van der Waals surface area contributed by atoms with Gasteiger partial charge in [-0.3, -0.25) is 4.98 Å². The maximum Gasteiger partial charge on any atom is 0.206 e. The van der Waals surface area contributed by atoms with Crippen LogP contribution in [0, 0.1) is 0 Å². The van der Waals surface area contributed by atoms with E-state index in [9.17, 15) is 0 Å². The van der Waals surface area contributed by atoms with Gasteiger partial charge >= 0.3 is 0 Å². The first-order valence-corrected chi connectivity index (χ1v) is 8.83. The SMILES string of the molecule is CNc1nnc(Sc2nc(-c3ccncc3)nc3ccccc23)s1. The van der Waals surface area contributed by atoms with Crippen molar-refractivity contribution in [1.82, 2.24) is 25.1 Å². The Morgan fingerprint density at radius 1 is 1.00 bits per heavy atom. The normalized spacial score (nSPS) is 10.9. The highest BCUT2D eigenvalue weighted by Crippen LogP contribution is 2.35. The van der Waals surface area contributed by atoms with Gasteiger partial charge in [0.15, 0.2) is 10.2 Å². The molecule has 3 heterocycles. The quantitative estimate of drug-likeness (QED) is 0.561. The lowest BCUT2D eigenvalue weighted by atomic mass is 10.2. The van der Waals surface area contributed by atoms with Crippen LogP contribution >= 0.6 is 23.1 Å². The molecule has 0 amide bonds. The van der Waals surface area contributed by atoms with Gasteiger partial charge in [-0.15, -0.1) is 10.2 Å². The van der Waals surface area contributed by atoms with E-state index in [4.69, 9.17) is 4.98 Å². The summed E-state index contributed by atoms with van der Waals surface area (Å²) in [6.07, 6.45) is 3.48. The minimum Gasteiger partial charge on any atom is -0.363 e. The molecule has 0 fully saturated rings. The van der Waals surface area contributed by atoms with Gasteiger partial charge in [-0.05, 0) is 30.0 Å². The number of benzene rings is 1. The van der Waals surface area contributed by atoms with Gasteiger partial charge in [0.25, 0.3) is 0 Å². The standard InChI is InChI=1S/C16H12N6S2/c1-17-15-21-22-16(24-15)23-14-11-4-2-3-5-12(11)19-13(20-14)10-6-8-18-9-7-10/h2-9H,1H3,(H,17,21). The molecular formula is C16H12N6S2. The van der Waals surface area contributed by atoms with Crippen LogP contribution in [0.5, 0.6) is 0 Å². The van der Waals surface area contributed by atoms with E-state index < -0.39 is 0 Å². The Hall–Kier alpha value is -2.58. The van der Waals surface area contributed by atoms with Crippen molar-refractivity contribution >= 4 is 39.1 Å². The van der Waals surface area contributed by atoms with Gasteiger partial charge in [0.1, 0.15) is 5.03 Å². The summed E-state index contributed by atoms with van der Waals surface area (Å²) < 4.78 is 0.837. The Morgan fingerprint density at radius 2 is 1.83 bits per heavy atom. The number of para-hydroxylation sites is 1. The zero-order valence-corrected chi connectivity index (χ0v) is 14.3. The molecule has 0 atom stereocenters. The van der Waals surface area contributed by atoms with Crippen LogP contribution in [-0.2, 0) is 0 Å². The summed E-state index contributed by atoms with van der Waals surface area (Å²) >= 11 is 3.00. The molecule has 8 heteroatoms. The Morgan fingerprint density at radius 3 is 2.62 bits per heavy atom. The predicted molar refractivity (Wildman–Crippen MR) is 96.3 cm³/mol. The second-order valence-corrected chi connectivity index (χ2v) is 7.04. The fourth-order valence-corrected chi connectivity index (χ4v) is 3.92. The molecule has 0 aliphatic heterocycles. The molecule has 0 unspecified atom stereocenters. The average molecular weight is 352 g/mol. The number of aromatic nitrogens is 5. The summed E-state index contributed by atoms with van der Waals surface area (Å²) in [5.41, 5.74) is 1.84. The molecule has 1 aromatic carbocycles. The molecular weight excluding hydrogens is 340 g/mol. The number of anilines is 1. The number of pyridine rings is 1. The first kappa shape index (κ1) is 15.0. The van der Waals surface area contributed by atoms with Crippen LogP contribution < -0.4 is 5.32 Å². The molecule has 0 saturated heterocycles. The Bertz CT molecular complexity index is 986.